The molecular formula is C50H42N4O. The Labute approximate surface area is 321 Å². The van der Waals surface area contributed by atoms with Gasteiger partial charge in [0.15, 0.2) is 0 Å². The third kappa shape index (κ3) is 6.06. The van der Waals surface area contributed by atoms with Gasteiger partial charge in [-0.15, -0.1) is 0 Å². The highest BCUT2D eigenvalue weighted by Crippen LogP contribution is 2.36. The summed E-state index contributed by atoms with van der Waals surface area (Å²) in [6.07, 6.45) is 9.67. The summed E-state index contributed by atoms with van der Waals surface area (Å²) in [5.41, 5.74) is 13.2. The summed E-state index contributed by atoms with van der Waals surface area (Å²) in [6, 6.07) is 52.3. The molecule has 0 aliphatic heterocycles. The van der Waals surface area contributed by atoms with E-state index >= 15 is 0 Å². The second-order valence-corrected chi connectivity index (χ2v) is 15.8. The maximum Gasteiger partial charge on any atom is 0.269 e. The zero-order valence-electron chi connectivity index (χ0n) is 31.5. The minimum absolute atomic E-state index is 0.00339. The number of imidazole rings is 1. The summed E-state index contributed by atoms with van der Waals surface area (Å²) in [7, 11) is 0. The summed E-state index contributed by atoms with van der Waals surface area (Å²) < 4.78 is 13.4. The van der Waals surface area contributed by atoms with Gasteiger partial charge < -0.3 is 4.74 Å². The lowest BCUT2D eigenvalue weighted by atomic mass is 9.88. The summed E-state index contributed by atoms with van der Waals surface area (Å²) in [5, 5.41) is 2.35. The highest BCUT2D eigenvalue weighted by molar-refractivity contribution is 6.09. The van der Waals surface area contributed by atoms with Gasteiger partial charge in [0.05, 0.1) is 33.4 Å². The summed E-state index contributed by atoms with van der Waals surface area (Å²) in [6.45, 7) is 6.71. The molecule has 0 N–H and O–H groups in total. The Bertz CT molecular complexity index is 2890. The quantitative estimate of drug-likeness (QED) is 0.131. The molecule has 0 fully saturated rings. The van der Waals surface area contributed by atoms with Crippen molar-refractivity contribution in [1.82, 2.24) is 14.1 Å². The van der Waals surface area contributed by atoms with E-state index in [-0.39, 0.29) is 5.41 Å². The van der Waals surface area contributed by atoms with E-state index in [9.17, 15) is 0 Å². The van der Waals surface area contributed by atoms with Crippen LogP contribution in [0.2, 0.25) is 0 Å². The van der Waals surface area contributed by atoms with Crippen molar-refractivity contribution in [2.45, 2.75) is 51.9 Å². The van der Waals surface area contributed by atoms with Crippen LogP contribution in [-0.4, -0.2) is 14.1 Å². The van der Waals surface area contributed by atoms with E-state index in [0.717, 1.165) is 76.1 Å². The number of hydrogen-bond acceptors (Lipinski definition) is 2. The molecule has 0 unspecified atom stereocenters. The Kier molecular flexibility index (Phi) is 7.91. The third-order valence-corrected chi connectivity index (χ3v) is 11.2. The fourth-order valence-corrected chi connectivity index (χ4v) is 8.15. The van der Waals surface area contributed by atoms with Crippen LogP contribution in [0.3, 0.4) is 0 Å². The first-order chi connectivity index (χ1) is 26.9. The lowest BCUT2D eigenvalue weighted by Crippen LogP contribution is -2.31. The van der Waals surface area contributed by atoms with Crippen molar-refractivity contribution in [2.75, 3.05) is 0 Å². The van der Waals surface area contributed by atoms with Crippen molar-refractivity contribution in [3.8, 4) is 28.7 Å². The fraction of sp³-hybridized carbons (Fsp3) is 0.160. The van der Waals surface area contributed by atoms with Crippen LogP contribution in [0.4, 0.5) is 0 Å². The fourth-order valence-electron chi connectivity index (χ4n) is 8.15. The van der Waals surface area contributed by atoms with Crippen molar-refractivity contribution >= 4 is 32.8 Å². The van der Waals surface area contributed by atoms with Crippen molar-refractivity contribution in [3.63, 3.8) is 0 Å². The molecule has 13 rings (SSSR count). The number of hydrogen-bond donors (Lipinski definition) is 0. The Hall–Kier alpha value is -6.46. The van der Waals surface area contributed by atoms with E-state index in [1.807, 2.05) is 12.3 Å². The van der Waals surface area contributed by atoms with Crippen LogP contribution in [0.25, 0.3) is 50.0 Å². The van der Waals surface area contributed by atoms with Gasteiger partial charge in [0.25, 0.3) is 6.33 Å². The largest absolute Gasteiger partial charge is 0.458 e. The number of rotatable bonds is 5. The van der Waals surface area contributed by atoms with Gasteiger partial charge in [0.1, 0.15) is 17.3 Å². The van der Waals surface area contributed by atoms with E-state index in [1.54, 1.807) is 0 Å². The van der Waals surface area contributed by atoms with Crippen LogP contribution >= 0.6 is 0 Å². The highest BCUT2D eigenvalue weighted by Gasteiger charge is 2.20. The first kappa shape index (κ1) is 33.1. The molecule has 6 aromatic carbocycles. The predicted molar refractivity (Wildman–Crippen MR) is 222 cm³/mol. The van der Waals surface area contributed by atoms with Crippen LogP contribution < -0.4 is 9.30 Å². The molecule has 4 aliphatic carbocycles. The summed E-state index contributed by atoms with van der Waals surface area (Å²) in [4.78, 5) is 4.86. The number of nitrogens with zero attached hydrogens (tertiary/aromatic N) is 4. The van der Waals surface area contributed by atoms with Crippen LogP contribution in [-0.2, 0) is 31.1 Å². The molecule has 4 bridgehead atoms. The number of fused-ring (bicyclic) bond motifs is 4. The molecule has 0 radical (unpaired) electrons. The predicted octanol–water partition coefficient (Wildman–Crippen LogP) is 11.2. The van der Waals surface area contributed by atoms with Gasteiger partial charge in [-0.05, 0) is 108 Å². The first-order valence-corrected chi connectivity index (χ1v) is 19.3. The lowest BCUT2D eigenvalue weighted by Gasteiger charge is -2.20. The highest BCUT2D eigenvalue weighted by atomic mass is 16.5. The van der Waals surface area contributed by atoms with Crippen molar-refractivity contribution in [3.05, 3.63) is 186 Å². The van der Waals surface area contributed by atoms with Gasteiger partial charge in [-0.3, -0.25) is 13.7 Å². The molecule has 55 heavy (non-hydrogen) atoms. The lowest BCUT2D eigenvalue weighted by molar-refractivity contribution is -0.573. The molecule has 268 valence electrons. The maximum atomic E-state index is 6.68. The summed E-state index contributed by atoms with van der Waals surface area (Å²) in [5.74, 6) is 2.42. The van der Waals surface area contributed by atoms with Crippen LogP contribution in [0.15, 0.2) is 152 Å². The van der Waals surface area contributed by atoms with Gasteiger partial charge in [-0.2, -0.15) is 0 Å². The van der Waals surface area contributed by atoms with E-state index in [2.05, 4.69) is 180 Å². The van der Waals surface area contributed by atoms with Crippen LogP contribution in [0.1, 0.15) is 48.6 Å². The molecule has 0 atom stereocenters. The van der Waals surface area contributed by atoms with Gasteiger partial charge in [-0.25, -0.2) is 4.98 Å². The standard InChI is InChI=1S/C50H42N4O/c1-50(2,3)38-27-28-51-49(30-38)54-44-12-5-4-11-42(44)43-26-25-41(32-48(43)54)55-40-10-8-9-39(31-40)52-33-53(46-14-7-6-13-45(46)52)47-29-36-20-19-34-15-17-35(18-16-34)21-23-37(47)24-22-36/h4-18,22,24-32H,19-21,23H2,1-3H3. The van der Waals surface area contributed by atoms with E-state index in [4.69, 9.17) is 9.72 Å². The second kappa shape index (κ2) is 13.1. The average molecular weight is 715 g/mol. The number of ether oxygens (including phenoxy) is 1. The molecule has 0 saturated carbocycles. The molecule has 3 aromatic heterocycles. The molecule has 4 aliphatic rings. The normalized spacial score (nSPS) is 13.1. The maximum absolute atomic E-state index is 6.68. The molecule has 5 nitrogen and oxygen atoms in total. The SMILES string of the molecule is CC(C)(C)c1ccnc(-n2c3ccccc3c3ccc(Oc4cccc(-n5[c-][n+](-c6cc7ccc6CCc6ccc(cc6)CC7)c6ccccc65)c4)cc32)c1. The summed E-state index contributed by atoms with van der Waals surface area (Å²) >= 11 is 0. The topological polar surface area (TPSA) is 35.9 Å². The molecule has 3 heterocycles. The minimum atomic E-state index is 0.00339. The number of benzene rings is 6. The van der Waals surface area contributed by atoms with Gasteiger partial charge in [0.2, 0.25) is 0 Å². The average Bonchev–Trinajstić information content (AvgIpc) is 3.75. The van der Waals surface area contributed by atoms with E-state index in [0.29, 0.717) is 0 Å². The van der Waals surface area contributed by atoms with Crippen molar-refractivity contribution < 1.29 is 9.30 Å². The van der Waals surface area contributed by atoms with Crippen molar-refractivity contribution in [2.24, 2.45) is 0 Å². The molecule has 0 saturated heterocycles. The molecule has 5 heteroatoms. The molecule has 0 spiro atoms. The number of pyridine rings is 1. The zero-order valence-corrected chi connectivity index (χ0v) is 31.5. The first-order valence-electron chi connectivity index (χ1n) is 19.3. The number of aromatic nitrogens is 4. The smallest absolute Gasteiger partial charge is 0.269 e. The minimum Gasteiger partial charge on any atom is -0.458 e. The van der Waals surface area contributed by atoms with Gasteiger partial charge >= 0.3 is 0 Å². The second-order valence-electron chi connectivity index (χ2n) is 15.8. The van der Waals surface area contributed by atoms with Crippen LogP contribution in [0.5, 0.6) is 11.5 Å². The number of para-hydroxylation sites is 3. The Morgan fingerprint density at radius 2 is 1.31 bits per heavy atom. The van der Waals surface area contributed by atoms with Gasteiger partial charge in [-0.1, -0.05) is 111 Å². The van der Waals surface area contributed by atoms with Crippen LogP contribution in [0, 0.1) is 6.33 Å². The Balaban J connectivity index is 1.03. The van der Waals surface area contributed by atoms with Crippen molar-refractivity contribution in [1.29, 1.82) is 0 Å². The monoisotopic (exact) mass is 714 g/mol. The molecule has 9 aromatic rings. The van der Waals surface area contributed by atoms with E-state index < -0.39 is 0 Å². The third-order valence-electron chi connectivity index (χ3n) is 11.2. The molecular weight excluding hydrogens is 673 g/mol. The zero-order chi connectivity index (χ0) is 37.1. The van der Waals surface area contributed by atoms with E-state index in [1.165, 1.54) is 38.9 Å². The van der Waals surface area contributed by atoms with Gasteiger partial charge in [0, 0.05) is 23.0 Å². The number of aryl methyl sites for hydroxylation is 4. The molecule has 0 amide bonds. The Morgan fingerprint density at radius 1 is 0.600 bits per heavy atom. The Morgan fingerprint density at radius 3 is 2.15 bits per heavy atom.